The summed E-state index contributed by atoms with van der Waals surface area (Å²) in [7, 11) is 3.20. The molecule has 120 valence electrons. The van der Waals surface area contributed by atoms with Crippen LogP contribution in [0, 0.1) is 6.92 Å². The lowest BCUT2D eigenvalue weighted by atomic mass is 9.81. The van der Waals surface area contributed by atoms with Gasteiger partial charge in [-0.2, -0.15) is 0 Å². The van der Waals surface area contributed by atoms with Crippen LogP contribution in [-0.4, -0.2) is 30.0 Å². The third kappa shape index (κ3) is 2.72. The van der Waals surface area contributed by atoms with Crippen LogP contribution in [0.4, 0.5) is 5.82 Å². The summed E-state index contributed by atoms with van der Waals surface area (Å²) in [6.07, 6.45) is 1.04. The summed E-state index contributed by atoms with van der Waals surface area (Å²) >= 11 is 0. The highest BCUT2D eigenvalue weighted by molar-refractivity contribution is 6.02. The largest absolute Gasteiger partial charge is 0.493 e. The van der Waals surface area contributed by atoms with E-state index in [-0.39, 0.29) is 17.5 Å². The standard InChI is InChI=1S/C17H19N3O3/c1-9-19-12-6-11(7-13(21)16(12)17(18)20-9)10-4-5-14(22-2)15(8-10)23-3/h4-5,8,11H,6-7H2,1-3H3,(H2,18,19,20)/t11-/m1/s1. The molecule has 0 saturated carbocycles. The van der Waals surface area contributed by atoms with Gasteiger partial charge in [0.15, 0.2) is 17.3 Å². The number of nitrogens with zero attached hydrogens (tertiary/aromatic N) is 2. The first-order valence-corrected chi connectivity index (χ1v) is 7.41. The number of ether oxygens (including phenoxy) is 2. The number of hydrogen-bond acceptors (Lipinski definition) is 6. The van der Waals surface area contributed by atoms with Gasteiger partial charge in [0.25, 0.3) is 0 Å². The van der Waals surface area contributed by atoms with Gasteiger partial charge in [-0.1, -0.05) is 6.07 Å². The van der Waals surface area contributed by atoms with Gasteiger partial charge in [0.05, 0.1) is 25.5 Å². The molecule has 2 N–H and O–H groups in total. The molecule has 3 rings (SSSR count). The summed E-state index contributed by atoms with van der Waals surface area (Å²) in [6.45, 7) is 1.78. The normalized spacial score (nSPS) is 16.8. The van der Waals surface area contributed by atoms with E-state index < -0.39 is 0 Å². The number of nitrogens with two attached hydrogens (primary N) is 1. The minimum Gasteiger partial charge on any atom is -0.493 e. The van der Waals surface area contributed by atoms with Gasteiger partial charge in [-0.25, -0.2) is 9.97 Å². The van der Waals surface area contributed by atoms with Crippen LogP contribution in [0.15, 0.2) is 18.2 Å². The number of Topliss-reactive ketones (excluding diaryl/α,β-unsaturated/α-hetero) is 1. The quantitative estimate of drug-likeness (QED) is 0.935. The van der Waals surface area contributed by atoms with Crippen LogP contribution >= 0.6 is 0 Å². The Kier molecular flexibility index (Phi) is 3.90. The molecule has 0 unspecified atom stereocenters. The molecule has 0 saturated heterocycles. The maximum atomic E-state index is 12.5. The Bertz CT molecular complexity index is 774. The monoisotopic (exact) mass is 313 g/mol. The zero-order valence-corrected chi connectivity index (χ0v) is 13.4. The zero-order chi connectivity index (χ0) is 16.6. The number of anilines is 1. The van der Waals surface area contributed by atoms with Gasteiger partial charge < -0.3 is 15.2 Å². The average Bonchev–Trinajstić information content (AvgIpc) is 2.52. The molecule has 1 atom stereocenters. The van der Waals surface area contributed by atoms with Crippen molar-refractivity contribution in [1.29, 1.82) is 0 Å². The number of carbonyl (C=O) groups is 1. The topological polar surface area (TPSA) is 87.3 Å². The molecule has 1 aromatic carbocycles. The van der Waals surface area contributed by atoms with E-state index in [0.717, 1.165) is 11.3 Å². The second kappa shape index (κ2) is 5.87. The van der Waals surface area contributed by atoms with Crippen LogP contribution in [0.25, 0.3) is 0 Å². The van der Waals surface area contributed by atoms with Crippen molar-refractivity contribution in [2.24, 2.45) is 0 Å². The zero-order valence-electron chi connectivity index (χ0n) is 13.4. The number of methoxy groups -OCH3 is 2. The summed E-state index contributed by atoms with van der Waals surface area (Å²) in [5.41, 5.74) is 8.12. The van der Waals surface area contributed by atoms with Crippen molar-refractivity contribution in [3.63, 3.8) is 0 Å². The number of fused-ring (bicyclic) bond motifs is 1. The lowest BCUT2D eigenvalue weighted by Gasteiger charge is -2.24. The van der Waals surface area contributed by atoms with Crippen LogP contribution in [0.5, 0.6) is 11.5 Å². The number of ketones is 1. The first kappa shape index (κ1) is 15.3. The predicted octanol–water partition coefficient (Wildman–Crippen LogP) is 2.30. The fourth-order valence-corrected chi connectivity index (χ4v) is 3.08. The fourth-order valence-electron chi connectivity index (χ4n) is 3.08. The summed E-state index contributed by atoms with van der Waals surface area (Å²) in [5.74, 6) is 2.22. The second-order valence-corrected chi connectivity index (χ2v) is 5.62. The van der Waals surface area contributed by atoms with Crippen LogP contribution in [-0.2, 0) is 6.42 Å². The third-order valence-electron chi connectivity index (χ3n) is 4.15. The van der Waals surface area contributed by atoms with E-state index in [9.17, 15) is 4.79 Å². The van der Waals surface area contributed by atoms with E-state index in [1.807, 2.05) is 18.2 Å². The van der Waals surface area contributed by atoms with E-state index in [1.165, 1.54) is 0 Å². The minimum absolute atomic E-state index is 0.0106. The lowest BCUT2D eigenvalue weighted by Crippen LogP contribution is -2.23. The highest BCUT2D eigenvalue weighted by Gasteiger charge is 2.30. The molecule has 1 heterocycles. The Morgan fingerprint density at radius 1 is 1.13 bits per heavy atom. The molecule has 23 heavy (non-hydrogen) atoms. The first-order chi connectivity index (χ1) is 11.0. The van der Waals surface area contributed by atoms with Gasteiger partial charge in [-0.05, 0) is 37.0 Å². The molecule has 0 spiro atoms. The molecule has 1 aromatic heterocycles. The average molecular weight is 313 g/mol. The number of aromatic nitrogens is 2. The van der Waals surface area contributed by atoms with Gasteiger partial charge in [0.2, 0.25) is 0 Å². The number of aryl methyl sites for hydroxylation is 1. The molecule has 0 fully saturated rings. The van der Waals surface area contributed by atoms with Crippen molar-refractivity contribution < 1.29 is 14.3 Å². The van der Waals surface area contributed by atoms with Crippen LogP contribution in [0.2, 0.25) is 0 Å². The molecule has 2 aromatic rings. The van der Waals surface area contributed by atoms with Gasteiger partial charge >= 0.3 is 0 Å². The molecule has 1 aliphatic rings. The molecule has 1 aliphatic carbocycles. The molecule has 0 bridgehead atoms. The van der Waals surface area contributed by atoms with Crippen molar-refractivity contribution in [2.45, 2.75) is 25.7 Å². The number of rotatable bonds is 3. The lowest BCUT2D eigenvalue weighted by molar-refractivity contribution is 0.0963. The number of nitrogen functional groups attached to an aromatic ring is 1. The Hall–Kier alpha value is -2.63. The maximum Gasteiger partial charge on any atom is 0.169 e. The predicted molar refractivity (Wildman–Crippen MR) is 86.1 cm³/mol. The van der Waals surface area contributed by atoms with E-state index >= 15 is 0 Å². The first-order valence-electron chi connectivity index (χ1n) is 7.41. The second-order valence-electron chi connectivity index (χ2n) is 5.62. The Morgan fingerprint density at radius 2 is 1.87 bits per heavy atom. The summed E-state index contributed by atoms with van der Waals surface area (Å²) < 4.78 is 10.6. The van der Waals surface area contributed by atoms with Gasteiger partial charge in [-0.15, -0.1) is 0 Å². The Morgan fingerprint density at radius 3 is 2.57 bits per heavy atom. The molecule has 0 amide bonds. The third-order valence-corrected chi connectivity index (χ3v) is 4.15. The highest BCUT2D eigenvalue weighted by Crippen LogP contribution is 2.37. The highest BCUT2D eigenvalue weighted by atomic mass is 16.5. The van der Waals surface area contributed by atoms with Crippen molar-refractivity contribution in [2.75, 3.05) is 20.0 Å². The molecule has 6 nitrogen and oxygen atoms in total. The molecular weight excluding hydrogens is 294 g/mol. The van der Waals surface area contributed by atoms with E-state index in [2.05, 4.69) is 9.97 Å². The fraction of sp³-hybridized carbons (Fsp3) is 0.353. The van der Waals surface area contributed by atoms with Crippen molar-refractivity contribution >= 4 is 11.6 Å². The summed E-state index contributed by atoms with van der Waals surface area (Å²) in [5, 5.41) is 0. The van der Waals surface area contributed by atoms with Gasteiger partial charge in [0, 0.05) is 6.42 Å². The minimum atomic E-state index is -0.0106. The molecule has 6 heteroatoms. The van der Waals surface area contributed by atoms with Crippen LogP contribution in [0.1, 0.15) is 39.8 Å². The number of carbonyl (C=O) groups excluding carboxylic acids is 1. The Labute approximate surface area is 134 Å². The Balaban J connectivity index is 1.99. The molecule has 0 radical (unpaired) electrons. The van der Waals surface area contributed by atoms with Crippen molar-refractivity contribution in [3.05, 3.63) is 40.8 Å². The SMILES string of the molecule is COc1ccc([C@H]2CC(=O)c3c(N)nc(C)nc3C2)cc1OC. The molecule has 0 aliphatic heterocycles. The summed E-state index contributed by atoms with van der Waals surface area (Å²) in [6, 6.07) is 5.73. The van der Waals surface area contributed by atoms with Crippen molar-refractivity contribution in [1.82, 2.24) is 9.97 Å². The van der Waals surface area contributed by atoms with Crippen LogP contribution < -0.4 is 15.2 Å². The maximum absolute atomic E-state index is 12.5. The van der Waals surface area contributed by atoms with Crippen LogP contribution in [0.3, 0.4) is 0 Å². The smallest absolute Gasteiger partial charge is 0.169 e. The van der Waals surface area contributed by atoms with Gasteiger partial charge in [0.1, 0.15) is 11.6 Å². The number of benzene rings is 1. The molecular formula is C17H19N3O3. The summed E-state index contributed by atoms with van der Waals surface area (Å²) in [4.78, 5) is 21.0. The van der Waals surface area contributed by atoms with Crippen molar-refractivity contribution in [3.8, 4) is 11.5 Å². The van der Waals surface area contributed by atoms with E-state index in [1.54, 1.807) is 21.1 Å². The van der Waals surface area contributed by atoms with Gasteiger partial charge in [-0.3, -0.25) is 4.79 Å². The number of hydrogen-bond donors (Lipinski definition) is 1. The van der Waals surface area contributed by atoms with E-state index in [0.29, 0.717) is 35.7 Å². The van der Waals surface area contributed by atoms with E-state index in [4.69, 9.17) is 15.2 Å².